The average Bonchev–Trinajstić information content (AvgIpc) is 2.89. The summed E-state index contributed by atoms with van der Waals surface area (Å²) in [5, 5.41) is 3.47. The summed E-state index contributed by atoms with van der Waals surface area (Å²) < 4.78 is 38.7. The maximum Gasteiger partial charge on any atom is 0.435 e. The van der Waals surface area contributed by atoms with E-state index in [-0.39, 0.29) is 5.78 Å². The Morgan fingerprint density at radius 2 is 1.70 bits per heavy atom. The molecule has 3 nitrogen and oxygen atoms in total. The lowest BCUT2D eigenvalue weighted by Crippen LogP contribution is -2.36. The van der Waals surface area contributed by atoms with E-state index in [0.29, 0.717) is 5.56 Å². The van der Waals surface area contributed by atoms with Gasteiger partial charge >= 0.3 is 6.18 Å². The van der Waals surface area contributed by atoms with Crippen molar-refractivity contribution in [2.24, 2.45) is 0 Å². The van der Waals surface area contributed by atoms with Gasteiger partial charge in [0.05, 0.1) is 0 Å². The molecule has 20 heavy (non-hydrogen) atoms. The molecule has 0 spiro atoms. The second-order valence-electron chi connectivity index (χ2n) is 4.90. The van der Waals surface area contributed by atoms with Crippen molar-refractivity contribution in [1.29, 1.82) is 0 Å². The Balaban J connectivity index is 2.35. The van der Waals surface area contributed by atoms with E-state index in [2.05, 4.69) is 5.10 Å². The number of halogens is 3. The van der Waals surface area contributed by atoms with Gasteiger partial charge in [-0.05, 0) is 19.9 Å². The molecular formula is C14H13F3N2O. The van der Waals surface area contributed by atoms with E-state index in [1.807, 2.05) is 0 Å². The summed E-state index contributed by atoms with van der Waals surface area (Å²) in [5.74, 6) is -0.296. The molecule has 2 aromatic rings. The molecule has 0 aliphatic carbocycles. The molecule has 1 aromatic heterocycles. The lowest BCUT2D eigenvalue weighted by molar-refractivity contribution is -0.141. The SMILES string of the molecule is CC(C)(C(=O)c1ccccc1)n1ccc(C(F)(F)F)n1. The van der Waals surface area contributed by atoms with Crippen molar-refractivity contribution in [1.82, 2.24) is 9.78 Å². The minimum atomic E-state index is -4.52. The molecule has 0 saturated carbocycles. The van der Waals surface area contributed by atoms with Gasteiger partial charge in [0.2, 0.25) is 0 Å². The summed E-state index contributed by atoms with van der Waals surface area (Å²) in [4.78, 5) is 12.4. The summed E-state index contributed by atoms with van der Waals surface area (Å²) >= 11 is 0. The molecule has 0 N–H and O–H groups in total. The molecule has 0 bridgehead atoms. The highest BCUT2D eigenvalue weighted by molar-refractivity contribution is 6.01. The summed E-state index contributed by atoms with van der Waals surface area (Å²) in [6.07, 6.45) is -3.35. The highest BCUT2D eigenvalue weighted by Crippen LogP contribution is 2.29. The molecule has 1 aromatic carbocycles. The van der Waals surface area contributed by atoms with Crippen molar-refractivity contribution < 1.29 is 18.0 Å². The van der Waals surface area contributed by atoms with Gasteiger partial charge in [0.1, 0.15) is 5.54 Å². The second-order valence-corrected chi connectivity index (χ2v) is 4.90. The molecule has 0 fully saturated rings. The molecule has 0 amide bonds. The van der Waals surface area contributed by atoms with Crippen molar-refractivity contribution in [3.05, 3.63) is 53.9 Å². The lowest BCUT2D eigenvalue weighted by Gasteiger charge is -2.24. The van der Waals surface area contributed by atoms with Crippen molar-refractivity contribution in [2.75, 3.05) is 0 Å². The minimum absolute atomic E-state index is 0.296. The fourth-order valence-electron chi connectivity index (χ4n) is 1.83. The average molecular weight is 282 g/mol. The van der Waals surface area contributed by atoms with Crippen LogP contribution < -0.4 is 0 Å². The third-order valence-corrected chi connectivity index (χ3v) is 3.04. The van der Waals surface area contributed by atoms with Crippen LogP contribution in [0.25, 0.3) is 0 Å². The Bertz CT molecular complexity index is 615. The first kappa shape index (κ1) is 14.3. The van der Waals surface area contributed by atoms with Gasteiger partial charge in [-0.15, -0.1) is 0 Å². The number of aromatic nitrogens is 2. The van der Waals surface area contributed by atoms with Gasteiger partial charge in [0, 0.05) is 11.8 Å². The lowest BCUT2D eigenvalue weighted by atomic mass is 9.93. The number of hydrogen-bond acceptors (Lipinski definition) is 2. The molecule has 0 atom stereocenters. The van der Waals surface area contributed by atoms with E-state index in [9.17, 15) is 18.0 Å². The van der Waals surface area contributed by atoms with Gasteiger partial charge in [0.15, 0.2) is 11.5 Å². The van der Waals surface area contributed by atoms with E-state index in [1.54, 1.807) is 30.3 Å². The molecule has 0 saturated heterocycles. The number of Topliss-reactive ketones (excluding diaryl/α,β-unsaturated/α-hetero) is 1. The maximum absolute atomic E-state index is 12.6. The number of carbonyl (C=O) groups excluding carboxylic acids is 1. The Hall–Kier alpha value is -2.11. The van der Waals surface area contributed by atoms with Crippen LogP contribution in [0.3, 0.4) is 0 Å². The Morgan fingerprint density at radius 1 is 1.10 bits per heavy atom. The van der Waals surface area contributed by atoms with E-state index in [1.165, 1.54) is 20.0 Å². The molecule has 0 radical (unpaired) electrons. The first-order valence-electron chi connectivity index (χ1n) is 5.96. The Morgan fingerprint density at radius 3 is 2.20 bits per heavy atom. The monoisotopic (exact) mass is 282 g/mol. The third kappa shape index (κ3) is 2.59. The van der Waals surface area contributed by atoms with Crippen LogP contribution in [0.5, 0.6) is 0 Å². The number of benzene rings is 1. The molecule has 0 aliphatic rings. The van der Waals surface area contributed by atoms with E-state index in [4.69, 9.17) is 0 Å². The van der Waals surface area contributed by atoms with Gasteiger partial charge in [-0.1, -0.05) is 30.3 Å². The zero-order valence-electron chi connectivity index (χ0n) is 11.0. The topological polar surface area (TPSA) is 34.9 Å². The van der Waals surface area contributed by atoms with Crippen LogP contribution in [0.15, 0.2) is 42.6 Å². The zero-order chi connectivity index (χ0) is 15.0. The summed E-state index contributed by atoms with van der Waals surface area (Å²) in [7, 11) is 0. The van der Waals surface area contributed by atoms with Crippen molar-refractivity contribution in [3.63, 3.8) is 0 Å². The highest BCUT2D eigenvalue weighted by Gasteiger charge is 2.37. The third-order valence-electron chi connectivity index (χ3n) is 3.04. The maximum atomic E-state index is 12.6. The van der Waals surface area contributed by atoms with E-state index in [0.717, 1.165) is 10.7 Å². The fraction of sp³-hybridized carbons (Fsp3) is 0.286. The van der Waals surface area contributed by atoms with E-state index < -0.39 is 17.4 Å². The predicted octanol–water partition coefficient (Wildman–Crippen LogP) is 3.52. The molecule has 1 heterocycles. The largest absolute Gasteiger partial charge is 0.435 e. The Labute approximate surface area is 114 Å². The summed E-state index contributed by atoms with van der Waals surface area (Å²) in [6, 6.07) is 9.27. The van der Waals surface area contributed by atoms with Crippen LogP contribution in [0, 0.1) is 0 Å². The summed E-state index contributed by atoms with van der Waals surface area (Å²) in [6.45, 7) is 3.07. The minimum Gasteiger partial charge on any atom is -0.291 e. The van der Waals surface area contributed by atoms with Crippen LogP contribution in [0.1, 0.15) is 29.9 Å². The van der Waals surface area contributed by atoms with Gasteiger partial charge in [-0.3, -0.25) is 9.48 Å². The number of rotatable bonds is 3. The standard InChI is InChI=1S/C14H13F3N2O/c1-13(2,12(20)10-6-4-3-5-7-10)19-9-8-11(18-19)14(15,16)17/h3-9H,1-2H3. The van der Waals surface area contributed by atoms with Gasteiger partial charge < -0.3 is 0 Å². The quantitative estimate of drug-likeness (QED) is 0.807. The normalized spacial score (nSPS) is 12.4. The molecule has 2 rings (SSSR count). The van der Waals surface area contributed by atoms with Crippen molar-refractivity contribution in [2.45, 2.75) is 25.6 Å². The van der Waals surface area contributed by atoms with E-state index >= 15 is 0 Å². The highest BCUT2D eigenvalue weighted by atomic mass is 19.4. The number of nitrogens with zero attached hydrogens (tertiary/aromatic N) is 2. The van der Waals surface area contributed by atoms with Crippen LogP contribution in [-0.4, -0.2) is 15.6 Å². The van der Waals surface area contributed by atoms with Crippen molar-refractivity contribution in [3.8, 4) is 0 Å². The van der Waals surface area contributed by atoms with Gasteiger partial charge in [-0.2, -0.15) is 18.3 Å². The number of hydrogen-bond donors (Lipinski definition) is 0. The fourth-order valence-corrected chi connectivity index (χ4v) is 1.83. The molecular weight excluding hydrogens is 269 g/mol. The number of carbonyl (C=O) groups is 1. The molecule has 6 heteroatoms. The number of ketones is 1. The summed E-state index contributed by atoms with van der Waals surface area (Å²) in [5.41, 5.74) is -1.77. The first-order chi connectivity index (χ1) is 9.23. The van der Waals surface area contributed by atoms with Gasteiger partial charge in [-0.25, -0.2) is 0 Å². The zero-order valence-corrected chi connectivity index (χ0v) is 11.0. The second kappa shape index (κ2) is 4.77. The first-order valence-corrected chi connectivity index (χ1v) is 5.96. The van der Waals surface area contributed by atoms with Crippen LogP contribution in [0.4, 0.5) is 13.2 Å². The Kier molecular flexibility index (Phi) is 3.41. The van der Waals surface area contributed by atoms with Crippen LogP contribution in [-0.2, 0) is 11.7 Å². The van der Waals surface area contributed by atoms with Crippen LogP contribution >= 0.6 is 0 Å². The predicted molar refractivity (Wildman–Crippen MR) is 67.3 cm³/mol. The van der Waals surface area contributed by atoms with Crippen molar-refractivity contribution >= 4 is 5.78 Å². The smallest absolute Gasteiger partial charge is 0.291 e. The molecule has 0 unspecified atom stereocenters. The molecule has 0 aliphatic heterocycles. The number of alkyl halides is 3. The van der Waals surface area contributed by atoms with Gasteiger partial charge in [0.25, 0.3) is 0 Å². The van der Waals surface area contributed by atoms with Crippen LogP contribution in [0.2, 0.25) is 0 Å². The molecule has 106 valence electrons.